The molecule has 3 nitrogen and oxygen atoms in total. The van der Waals surface area contributed by atoms with Gasteiger partial charge >= 0.3 is 0 Å². The number of hydrogen-bond donors (Lipinski definition) is 0. The summed E-state index contributed by atoms with van der Waals surface area (Å²) in [5.41, 5.74) is 3.81. The summed E-state index contributed by atoms with van der Waals surface area (Å²) < 4.78 is 20.6. The highest BCUT2D eigenvalue weighted by Gasteiger charge is 2.13. The number of rotatable bonds is 3. The number of carbonyl (C=O) groups is 1. The Morgan fingerprint density at radius 2 is 2.00 bits per heavy atom. The van der Waals surface area contributed by atoms with Crippen LogP contribution in [0.2, 0.25) is 0 Å². The van der Waals surface area contributed by atoms with E-state index in [1.807, 2.05) is 35.7 Å². The van der Waals surface area contributed by atoms with E-state index in [0.29, 0.717) is 16.8 Å². The van der Waals surface area contributed by atoms with Crippen LogP contribution in [0.4, 0.5) is 4.39 Å². The van der Waals surface area contributed by atoms with Gasteiger partial charge in [-0.2, -0.15) is 0 Å². The van der Waals surface area contributed by atoms with Gasteiger partial charge in [-0.15, -0.1) is 0 Å². The maximum atomic E-state index is 13.9. The molecule has 1 aromatic carbocycles. The molecule has 0 N–H and O–H groups in total. The van der Waals surface area contributed by atoms with Crippen molar-refractivity contribution >= 4 is 11.8 Å². The third-order valence-electron chi connectivity index (χ3n) is 3.53. The first kappa shape index (κ1) is 13.4. The minimum Gasteiger partial charge on any atom is -0.494 e. The van der Waals surface area contributed by atoms with E-state index < -0.39 is 5.82 Å². The summed E-state index contributed by atoms with van der Waals surface area (Å²) in [6, 6.07) is 10.5. The number of aromatic nitrogens is 1. The number of hydrogen-bond acceptors (Lipinski definition) is 2. The standard InChI is InChI=1S/C17H14FNO2/c1-11-3-5-13-8-14(16(10-20)19(13)9-11)12-4-6-17(21-2)15(18)7-12/h3-10H,1-2H3. The second-order valence-corrected chi connectivity index (χ2v) is 4.91. The Morgan fingerprint density at radius 1 is 1.19 bits per heavy atom. The van der Waals surface area contributed by atoms with Crippen LogP contribution in [0.1, 0.15) is 16.1 Å². The molecule has 0 aliphatic carbocycles. The van der Waals surface area contributed by atoms with Crippen molar-refractivity contribution in [3.8, 4) is 16.9 Å². The van der Waals surface area contributed by atoms with Crippen LogP contribution in [0.15, 0.2) is 42.6 Å². The Bertz CT molecular complexity index is 836. The van der Waals surface area contributed by atoms with Crippen molar-refractivity contribution in [1.29, 1.82) is 0 Å². The van der Waals surface area contributed by atoms with E-state index in [2.05, 4.69) is 0 Å². The van der Waals surface area contributed by atoms with Crippen LogP contribution in [-0.2, 0) is 0 Å². The molecular formula is C17H14FNO2. The predicted molar refractivity (Wildman–Crippen MR) is 79.5 cm³/mol. The first-order chi connectivity index (χ1) is 10.1. The Labute approximate surface area is 121 Å². The first-order valence-electron chi connectivity index (χ1n) is 6.55. The normalized spacial score (nSPS) is 10.8. The molecule has 0 spiro atoms. The van der Waals surface area contributed by atoms with Crippen molar-refractivity contribution in [1.82, 2.24) is 4.40 Å². The molecule has 2 heterocycles. The zero-order valence-corrected chi connectivity index (χ0v) is 11.8. The summed E-state index contributed by atoms with van der Waals surface area (Å²) in [5, 5.41) is 0. The third kappa shape index (κ3) is 2.18. The molecule has 0 amide bonds. The van der Waals surface area contributed by atoms with Crippen molar-refractivity contribution in [2.45, 2.75) is 6.92 Å². The molecule has 0 aliphatic heterocycles. The molecule has 0 fully saturated rings. The molecule has 0 bridgehead atoms. The minimum absolute atomic E-state index is 0.186. The SMILES string of the molecule is COc1ccc(-c2cc3ccc(C)cn3c2C=O)cc1F. The van der Waals surface area contributed by atoms with Gasteiger partial charge in [-0.3, -0.25) is 4.79 Å². The monoisotopic (exact) mass is 283 g/mol. The quantitative estimate of drug-likeness (QED) is 0.683. The van der Waals surface area contributed by atoms with E-state index >= 15 is 0 Å². The van der Waals surface area contributed by atoms with Gasteiger partial charge in [0, 0.05) is 17.3 Å². The van der Waals surface area contributed by atoms with Crippen LogP contribution in [0, 0.1) is 12.7 Å². The largest absolute Gasteiger partial charge is 0.494 e. The second-order valence-electron chi connectivity index (χ2n) is 4.91. The Balaban J connectivity index is 2.24. The fourth-order valence-corrected chi connectivity index (χ4v) is 2.48. The second kappa shape index (κ2) is 5.05. The molecule has 21 heavy (non-hydrogen) atoms. The van der Waals surface area contributed by atoms with Crippen LogP contribution >= 0.6 is 0 Å². The van der Waals surface area contributed by atoms with E-state index in [4.69, 9.17) is 4.74 Å². The Hall–Kier alpha value is -2.62. The summed E-state index contributed by atoms with van der Waals surface area (Å²) in [6.07, 6.45) is 2.69. The van der Waals surface area contributed by atoms with Gasteiger partial charge in [-0.25, -0.2) is 4.39 Å². The van der Waals surface area contributed by atoms with Gasteiger partial charge in [-0.05, 0) is 42.3 Å². The van der Waals surface area contributed by atoms with Gasteiger partial charge in [0.15, 0.2) is 17.9 Å². The number of benzene rings is 1. The smallest absolute Gasteiger partial charge is 0.167 e. The lowest BCUT2D eigenvalue weighted by Crippen LogP contribution is -1.94. The van der Waals surface area contributed by atoms with Crippen molar-refractivity contribution in [3.63, 3.8) is 0 Å². The highest BCUT2D eigenvalue weighted by Crippen LogP contribution is 2.30. The number of methoxy groups -OCH3 is 1. The summed E-state index contributed by atoms with van der Waals surface area (Å²) in [6.45, 7) is 1.96. The maximum Gasteiger partial charge on any atom is 0.167 e. The molecule has 0 unspecified atom stereocenters. The van der Waals surface area contributed by atoms with Gasteiger partial charge < -0.3 is 9.14 Å². The average Bonchev–Trinajstić information content (AvgIpc) is 2.84. The molecule has 0 aliphatic rings. The lowest BCUT2D eigenvalue weighted by Gasteiger charge is -2.05. The highest BCUT2D eigenvalue weighted by molar-refractivity contribution is 5.90. The van der Waals surface area contributed by atoms with Gasteiger partial charge in [0.25, 0.3) is 0 Å². The van der Waals surface area contributed by atoms with Crippen LogP contribution in [0.5, 0.6) is 5.75 Å². The lowest BCUT2D eigenvalue weighted by molar-refractivity contribution is 0.111. The summed E-state index contributed by atoms with van der Waals surface area (Å²) >= 11 is 0. The molecule has 3 rings (SSSR count). The number of fused-ring (bicyclic) bond motifs is 1. The highest BCUT2D eigenvalue weighted by atomic mass is 19.1. The average molecular weight is 283 g/mol. The van der Waals surface area contributed by atoms with E-state index in [-0.39, 0.29) is 5.75 Å². The summed E-state index contributed by atoms with van der Waals surface area (Å²) in [4.78, 5) is 11.5. The minimum atomic E-state index is -0.446. The molecule has 2 aromatic heterocycles. The zero-order valence-electron chi connectivity index (χ0n) is 11.8. The topological polar surface area (TPSA) is 30.7 Å². The molecular weight excluding hydrogens is 269 g/mol. The van der Waals surface area contributed by atoms with E-state index in [9.17, 15) is 9.18 Å². The van der Waals surface area contributed by atoms with E-state index in [1.165, 1.54) is 13.2 Å². The maximum absolute atomic E-state index is 13.9. The molecule has 0 radical (unpaired) electrons. The van der Waals surface area contributed by atoms with Crippen LogP contribution in [-0.4, -0.2) is 17.8 Å². The van der Waals surface area contributed by atoms with Gasteiger partial charge in [-0.1, -0.05) is 12.1 Å². The Morgan fingerprint density at radius 3 is 2.67 bits per heavy atom. The summed E-state index contributed by atoms with van der Waals surface area (Å²) in [7, 11) is 1.42. The van der Waals surface area contributed by atoms with Gasteiger partial charge in [0.1, 0.15) is 0 Å². The third-order valence-corrected chi connectivity index (χ3v) is 3.53. The molecule has 0 atom stereocenters. The van der Waals surface area contributed by atoms with Crippen LogP contribution in [0.3, 0.4) is 0 Å². The number of ether oxygens (including phenoxy) is 1. The number of halogens is 1. The lowest BCUT2D eigenvalue weighted by atomic mass is 10.1. The molecule has 4 heteroatoms. The summed E-state index contributed by atoms with van der Waals surface area (Å²) in [5.74, 6) is -0.260. The molecule has 3 aromatic rings. The molecule has 106 valence electrons. The van der Waals surface area contributed by atoms with Crippen molar-refractivity contribution in [2.75, 3.05) is 7.11 Å². The van der Waals surface area contributed by atoms with Crippen LogP contribution < -0.4 is 4.74 Å². The molecule has 0 saturated carbocycles. The van der Waals surface area contributed by atoms with E-state index in [0.717, 1.165) is 17.4 Å². The number of aldehydes is 1. The van der Waals surface area contributed by atoms with Crippen LogP contribution in [0.25, 0.3) is 16.6 Å². The van der Waals surface area contributed by atoms with Gasteiger partial charge in [0.05, 0.1) is 12.8 Å². The fourth-order valence-electron chi connectivity index (χ4n) is 2.48. The Kier molecular flexibility index (Phi) is 3.22. The number of carbonyl (C=O) groups excluding carboxylic acids is 1. The van der Waals surface area contributed by atoms with Crippen molar-refractivity contribution in [3.05, 3.63) is 59.7 Å². The fraction of sp³-hybridized carbons (Fsp3) is 0.118. The predicted octanol–water partition coefficient (Wildman–Crippen LogP) is 3.87. The first-order valence-corrected chi connectivity index (χ1v) is 6.55. The number of nitrogens with zero attached hydrogens (tertiary/aromatic N) is 1. The van der Waals surface area contributed by atoms with E-state index in [1.54, 1.807) is 12.1 Å². The number of aryl methyl sites for hydroxylation is 1. The van der Waals surface area contributed by atoms with Crippen molar-refractivity contribution in [2.24, 2.45) is 0 Å². The van der Waals surface area contributed by atoms with Crippen molar-refractivity contribution < 1.29 is 13.9 Å². The number of pyridine rings is 1. The van der Waals surface area contributed by atoms with Gasteiger partial charge in [0.2, 0.25) is 0 Å². The zero-order chi connectivity index (χ0) is 15.0. The molecule has 0 saturated heterocycles.